The largest absolute Gasteiger partial charge is 0.494 e. The van der Waals surface area contributed by atoms with Gasteiger partial charge in [-0.05, 0) is 39.3 Å². The molecular formula is C22H30N4O4. The smallest absolute Gasteiger partial charge is 0.410 e. The molecular weight excluding hydrogens is 384 g/mol. The van der Waals surface area contributed by atoms with Gasteiger partial charge in [-0.2, -0.15) is 5.10 Å². The van der Waals surface area contributed by atoms with Gasteiger partial charge in [0, 0.05) is 32.0 Å². The number of para-hydroxylation sites is 1. The SMILES string of the molecule is Cn1nc2c(c1NC(=O)CCCOc1ccccc1)CN(C(=O)OC(C)(C)C)CC2. The van der Waals surface area contributed by atoms with Gasteiger partial charge in [0.15, 0.2) is 0 Å². The van der Waals surface area contributed by atoms with Gasteiger partial charge in [0.05, 0.1) is 18.8 Å². The molecule has 2 heterocycles. The fraction of sp³-hybridized carbons (Fsp3) is 0.500. The summed E-state index contributed by atoms with van der Waals surface area (Å²) in [5, 5.41) is 7.46. The molecule has 1 aliphatic heterocycles. The predicted octanol–water partition coefficient (Wildman–Crippen LogP) is 3.51. The van der Waals surface area contributed by atoms with Crippen LogP contribution < -0.4 is 10.1 Å². The second-order valence-electron chi connectivity index (χ2n) is 8.36. The van der Waals surface area contributed by atoms with Gasteiger partial charge in [-0.15, -0.1) is 0 Å². The van der Waals surface area contributed by atoms with Crippen LogP contribution in [0.5, 0.6) is 5.75 Å². The van der Waals surface area contributed by atoms with Gasteiger partial charge < -0.3 is 19.7 Å². The zero-order valence-electron chi connectivity index (χ0n) is 18.1. The maximum atomic E-state index is 12.4. The van der Waals surface area contributed by atoms with Gasteiger partial charge in [-0.25, -0.2) is 4.79 Å². The molecule has 30 heavy (non-hydrogen) atoms. The van der Waals surface area contributed by atoms with E-state index >= 15 is 0 Å². The maximum absolute atomic E-state index is 12.4. The van der Waals surface area contributed by atoms with Crippen molar-refractivity contribution in [3.8, 4) is 5.75 Å². The molecule has 0 radical (unpaired) electrons. The minimum absolute atomic E-state index is 0.105. The van der Waals surface area contributed by atoms with Crippen LogP contribution in [0.25, 0.3) is 0 Å². The van der Waals surface area contributed by atoms with Gasteiger partial charge in [0.2, 0.25) is 5.91 Å². The number of carbonyl (C=O) groups excluding carboxylic acids is 2. The van der Waals surface area contributed by atoms with Gasteiger partial charge in [0.25, 0.3) is 0 Å². The molecule has 8 nitrogen and oxygen atoms in total. The molecule has 162 valence electrons. The second-order valence-corrected chi connectivity index (χ2v) is 8.36. The fourth-order valence-electron chi connectivity index (χ4n) is 3.27. The average molecular weight is 415 g/mol. The summed E-state index contributed by atoms with van der Waals surface area (Å²) in [6.07, 6.45) is 1.21. The van der Waals surface area contributed by atoms with Crippen LogP contribution in [0, 0.1) is 0 Å². The molecule has 0 saturated carbocycles. The number of aromatic nitrogens is 2. The zero-order chi connectivity index (χ0) is 21.7. The highest BCUT2D eigenvalue weighted by molar-refractivity contribution is 5.90. The number of ether oxygens (including phenoxy) is 2. The summed E-state index contributed by atoms with van der Waals surface area (Å²) in [5.41, 5.74) is 1.22. The van der Waals surface area contributed by atoms with E-state index in [0.29, 0.717) is 44.8 Å². The molecule has 1 aromatic heterocycles. The Hall–Kier alpha value is -3.03. The van der Waals surface area contributed by atoms with Crippen LogP contribution >= 0.6 is 0 Å². The molecule has 0 spiro atoms. The van der Waals surface area contributed by atoms with Crippen LogP contribution in [0.2, 0.25) is 0 Å². The van der Waals surface area contributed by atoms with E-state index < -0.39 is 5.60 Å². The number of carbonyl (C=O) groups is 2. The van der Waals surface area contributed by atoms with Crippen molar-refractivity contribution in [3.05, 3.63) is 41.6 Å². The molecule has 1 aromatic carbocycles. The van der Waals surface area contributed by atoms with Crippen molar-refractivity contribution in [2.75, 3.05) is 18.5 Å². The first-order valence-corrected chi connectivity index (χ1v) is 10.2. The molecule has 0 atom stereocenters. The van der Waals surface area contributed by atoms with Crippen LogP contribution in [-0.4, -0.2) is 45.4 Å². The molecule has 2 amide bonds. The minimum Gasteiger partial charge on any atom is -0.494 e. The molecule has 0 bridgehead atoms. The van der Waals surface area contributed by atoms with Crippen molar-refractivity contribution in [2.45, 2.75) is 52.2 Å². The first-order valence-electron chi connectivity index (χ1n) is 10.2. The molecule has 8 heteroatoms. The van der Waals surface area contributed by atoms with Crippen molar-refractivity contribution in [1.29, 1.82) is 0 Å². The van der Waals surface area contributed by atoms with E-state index in [-0.39, 0.29) is 12.0 Å². The monoisotopic (exact) mass is 414 g/mol. The van der Waals surface area contributed by atoms with Crippen LogP contribution in [0.3, 0.4) is 0 Å². The van der Waals surface area contributed by atoms with E-state index in [2.05, 4.69) is 10.4 Å². The summed E-state index contributed by atoms with van der Waals surface area (Å²) in [6, 6.07) is 9.53. The lowest BCUT2D eigenvalue weighted by atomic mass is 10.1. The first kappa shape index (κ1) is 21.7. The normalized spacial score (nSPS) is 13.5. The van der Waals surface area contributed by atoms with Crippen LogP contribution in [-0.2, 0) is 29.5 Å². The van der Waals surface area contributed by atoms with E-state index in [1.54, 1.807) is 16.6 Å². The Kier molecular flexibility index (Phi) is 6.64. The quantitative estimate of drug-likeness (QED) is 0.731. The summed E-state index contributed by atoms with van der Waals surface area (Å²) < 4.78 is 12.8. The molecule has 0 aliphatic carbocycles. The summed E-state index contributed by atoms with van der Waals surface area (Å²) in [4.78, 5) is 26.5. The summed E-state index contributed by atoms with van der Waals surface area (Å²) in [6.45, 7) is 6.91. The summed E-state index contributed by atoms with van der Waals surface area (Å²) in [5.74, 6) is 1.32. The van der Waals surface area contributed by atoms with Crippen molar-refractivity contribution in [3.63, 3.8) is 0 Å². The van der Waals surface area contributed by atoms with Gasteiger partial charge >= 0.3 is 6.09 Å². The number of anilines is 1. The molecule has 0 fully saturated rings. The van der Waals surface area contributed by atoms with Crippen molar-refractivity contribution in [1.82, 2.24) is 14.7 Å². The second kappa shape index (κ2) is 9.19. The number of nitrogens with one attached hydrogen (secondary N) is 1. The standard InChI is InChI=1S/C22H30N4O4/c1-22(2,3)30-21(28)26-13-12-18-17(15-26)20(25(4)24-18)23-19(27)11-8-14-29-16-9-6-5-7-10-16/h5-7,9-10H,8,11-15H2,1-4H3,(H,23,27). The van der Waals surface area contributed by atoms with Gasteiger partial charge in [-0.3, -0.25) is 9.48 Å². The lowest BCUT2D eigenvalue weighted by Gasteiger charge is -2.29. The minimum atomic E-state index is -0.550. The lowest BCUT2D eigenvalue weighted by Crippen LogP contribution is -2.40. The van der Waals surface area contributed by atoms with E-state index in [9.17, 15) is 9.59 Å². The fourth-order valence-corrected chi connectivity index (χ4v) is 3.27. The lowest BCUT2D eigenvalue weighted by molar-refractivity contribution is -0.116. The number of benzene rings is 1. The van der Waals surface area contributed by atoms with Crippen LogP contribution in [0.1, 0.15) is 44.9 Å². The first-order chi connectivity index (χ1) is 14.2. The van der Waals surface area contributed by atoms with E-state index in [1.165, 1.54) is 0 Å². The average Bonchev–Trinajstić information content (AvgIpc) is 2.99. The Labute approximate surface area is 177 Å². The molecule has 0 unspecified atom stereocenters. The maximum Gasteiger partial charge on any atom is 0.410 e. The third-order valence-electron chi connectivity index (χ3n) is 4.67. The van der Waals surface area contributed by atoms with Crippen LogP contribution in [0.15, 0.2) is 30.3 Å². The molecule has 1 aliphatic rings. The van der Waals surface area contributed by atoms with E-state index in [4.69, 9.17) is 9.47 Å². The highest BCUT2D eigenvalue weighted by Gasteiger charge is 2.30. The predicted molar refractivity (Wildman–Crippen MR) is 113 cm³/mol. The third kappa shape index (κ3) is 5.75. The van der Waals surface area contributed by atoms with Crippen molar-refractivity contribution in [2.24, 2.45) is 7.05 Å². The van der Waals surface area contributed by atoms with Crippen molar-refractivity contribution >= 4 is 17.8 Å². The topological polar surface area (TPSA) is 85.7 Å². The zero-order valence-corrected chi connectivity index (χ0v) is 18.1. The Balaban J connectivity index is 1.55. The van der Waals surface area contributed by atoms with E-state index in [1.807, 2.05) is 51.1 Å². The Morgan fingerprint density at radius 2 is 1.93 bits per heavy atom. The third-order valence-corrected chi connectivity index (χ3v) is 4.67. The molecule has 0 saturated heterocycles. The number of amides is 2. The Morgan fingerprint density at radius 1 is 1.20 bits per heavy atom. The Morgan fingerprint density at radius 3 is 2.63 bits per heavy atom. The Bertz CT molecular complexity index is 887. The number of hydrogen-bond acceptors (Lipinski definition) is 5. The van der Waals surface area contributed by atoms with Crippen LogP contribution in [0.4, 0.5) is 10.6 Å². The van der Waals surface area contributed by atoms with Gasteiger partial charge in [0.1, 0.15) is 17.2 Å². The molecule has 2 aromatic rings. The molecule has 3 rings (SSSR count). The highest BCUT2D eigenvalue weighted by atomic mass is 16.6. The van der Waals surface area contributed by atoms with Crippen molar-refractivity contribution < 1.29 is 19.1 Å². The number of fused-ring (bicyclic) bond motifs is 1. The highest BCUT2D eigenvalue weighted by Crippen LogP contribution is 2.27. The van der Waals surface area contributed by atoms with Gasteiger partial charge in [-0.1, -0.05) is 18.2 Å². The summed E-state index contributed by atoms with van der Waals surface area (Å²) in [7, 11) is 1.80. The number of hydrogen-bond donors (Lipinski definition) is 1. The number of nitrogens with zero attached hydrogens (tertiary/aromatic N) is 3. The number of aryl methyl sites for hydroxylation is 1. The number of rotatable bonds is 6. The molecule has 1 N–H and O–H groups in total. The summed E-state index contributed by atoms with van der Waals surface area (Å²) >= 11 is 0. The van der Waals surface area contributed by atoms with E-state index in [0.717, 1.165) is 17.0 Å².